The molecule has 0 atom stereocenters. The van der Waals surface area contributed by atoms with Crippen molar-refractivity contribution in [2.24, 2.45) is 0 Å². The molecule has 0 aliphatic carbocycles. The fourth-order valence-electron chi connectivity index (χ4n) is 2.85. The number of nitrogens with zero attached hydrogens (tertiary/aromatic N) is 1. The molecule has 1 aliphatic heterocycles. The van der Waals surface area contributed by atoms with E-state index in [9.17, 15) is 17.6 Å². The van der Waals surface area contributed by atoms with E-state index >= 15 is 0 Å². The van der Waals surface area contributed by atoms with Crippen LogP contribution >= 0.6 is 11.3 Å². The molecule has 5 nitrogen and oxygen atoms in total. The van der Waals surface area contributed by atoms with Gasteiger partial charge in [0, 0.05) is 29.6 Å². The fraction of sp³-hybridized carbons (Fsp3) is 0.353. The van der Waals surface area contributed by atoms with E-state index in [4.69, 9.17) is 0 Å². The van der Waals surface area contributed by atoms with E-state index in [1.54, 1.807) is 30.3 Å². The molecule has 25 heavy (non-hydrogen) atoms. The van der Waals surface area contributed by atoms with Crippen LogP contribution in [0.1, 0.15) is 22.5 Å². The smallest absolute Gasteiger partial charge is 0.261 e. The van der Waals surface area contributed by atoms with Crippen molar-refractivity contribution in [2.75, 3.05) is 19.3 Å². The molecule has 1 amide bonds. The maximum Gasteiger partial charge on any atom is 0.261 e. The maximum absolute atomic E-state index is 13.8. The molecule has 1 aromatic heterocycles. The van der Waals surface area contributed by atoms with Gasteiger partial charge in [0.15, 0.2) is 0 Å². The van der Waals surface area contributed by atoms with Gasteiger partial charge in [-0.05, 0) is 31.0 Å². The SMILES string of the molecule is CS(=O)(=O)N1CCC(NC(=O)c2ccc(-c3ccccc3F)s2)CC1. The Kier molecular flexibility index (Phi) is 5.21. The van der Waals surface area contributed by atoms with Gasteiger partial charge < -0.3 is 5.32 Å². The Morgan fingerprint density at radius 3 is 2.52 bits per heavy atom. The minimum Gasteiger partial charge on any atom is -0.349 e. The average molecular weight is 382 g/mol. The maximum atomic E-state index is 13.8. The van der Waals surface area contributed by atoms with Gasteiger partial charge in [-0.1, -0.05) is 18.2 Å². The summed E-state index contributed by atoms with van der Waals surface area (Å²) in [5.41, 5.74) is 0.480. The molecule has 3 rings (SSSR count). The van der Waals surface area contributed by atoms with Crippen LogP contribution < -0.4 is 5.32 Å². The molecule has 1 fully saturated rings. The van der Waals surface area contributed by atoms with Crippen molar-refractivity contribution in [3.63, 3.8) is 0 Å². The van der Waals surface area contributed by atoms with Gasteiger partial charge in [0.1, 0.15) is 5.82 Å². The number of piperidine rings is 1. The van der Waals surface area contributed by atoms with Crippen molar-refractivity contribution < 1.29 is 17.6 Å². The van der Waals surface area contributed by atoms with E-state index in [0.717, 1.165) is 0 Å². The second-order valence-corrected chi connectivity index (χ2v) is 9.12. The molecule has 0 radical (unpaired) electrons. The number of carbonyl (C=O) groups is 1. The molecular formula is C17H19FN2O3S2. The summed E-state index contributed by atoms with van der Waals surface area (Å²) in [6, 6.07) is 9.84. The summed E-state index contributed by atoms with van der Waals surface area (Å²) in [7, 11) is -3.17. The number of carbonyl (C=O) groups excluding carboxylic acids is 1. The highest BCUT2D eigenvalue weighted by Gasteiger charge is 2.26. The molecular weight excluding hydrogens is 363 g/mol. The van der Waals surface area contributed by atoms with Gasteiger partial charge in [0.05, 0.1) is 11.1 Å². The highest BCUT2D eigenvalue weighted by atomic mass is 32.2. The molecule has 1 saturated heterocycles. The van der Waals surface area contributed by atoms with Crippen LogP contribution in [0.25, 0.3) is 10.4 Å². The van der Waals surface area contributed by atoms with Gasteiger partial charge in [-0.3, -0.25) is 4.79 Å². The molecule has 0 saturated carbocycles. The monoisotopic (exact) mass is 382 g/mol. The highest BCUT2D eigenvalue weighted by molar-refractivity contribution is 7.88. The first-order valence-corrected chi connectivity index (χ1v) is 10.6. The third-order valence-electron chi connectivity index (χ3n) is 4.23. The fourth-order valence-corrected chi connectivity index (χ4v) is 4.66. The number of benzene rings is 1. The van der Waals surface area contributed by atoms with Crippen LogP contribution in [0, 0.1) is 5.82 Å². The van der Waals surface area contributed by atoms with Gasteiger partial charge in [0.25, 0.3) is 5.91 Å². The Hall–Kier alpha value is -1.77. The van der Waals surface area contributed by atoms with Crippen LogP contribution in [0.5, 0.6) is 0 Å². The zero-order chi connectivity index (χ0) is 18.0. The third kappa shape index (κ3) is 4.26. The molecule has 0 spiro atoms. The molecule has 0 unspecified atom stereocenters. The highest BCUT2D eigenvalue weighted by Crippen LogP contribution is 2.30. The molecule has 134 valence electrons. The van der Waals surface area contributed by atoms with Gasteiger partial charge in [-0.2, -0.15) is 0 Å². The molecule has 2 heterocycles. The van der Waals surface area contributed by atoms with Crippen LogP contribution in [0.15, 0.2) is 36.4 Å². The minimum atomic E-state index is -3.17. The van der Waals surface area contributed by atoms with E-state index < -0.39 is 10.0 Å². The molecule has 2 aromatic rings. The number of sulfonamides is 1. The largest absolute Gasteiger partial charge is 0.349 e. The van der Waals surface area contributed by atoms with Gasteiger partial charge in [-0.25, -0.2) is 17.1 Å². The standard InChI is InChI=1S/C17H19FN2O3S2/c1-25(22,23)20-10-8-12(9-11-20)19-17(21)16-7-6-15(24-16)13-4-2-3-5-14(13)18/h2-7,12H,8-11H2,1H3,(H,19,21). The molecule has 1 aromatic carbocycles. The lowest BCUT2D eigenvalue weighted by Crippen LogP contribution is -2.46. The number of nitrogens with one attached hydrogen (secondary N) is 1. The third-order valence-corrected chi connectivity index (χ3v) is 6.65. The first-order valence-electron chi connectivity index (χ1n) is 7.95. The normalized spacial score (nSPS) is 16.7. The Morgan fingerprint density at radius 2 is 1.88 bits per heavy atom. The molecule has 1 aliphatic rings. The number of hydrogen-bond donors (Lipinski definition) is 1. The van der Waals surface area contributed by atoms with Crippen LogP contribution in [0.2, 0.25) is 0 Å². The predicted molar refractivity (Wildman–Crippen MR) is 96.6 cm³/mol. The van der Waals surface area contributed by atoms with E-state index in [-0.39, 0.29) is 17.8 Å². The van der Waals surface area contributed by atoms with Gasteiger partial charge >= 0.3 is 0 Å². The number of hydrogen-bond acceptors (Lipinski definition) is 4. The Balaban J connectivity index is 1.63. The summed E-state index contributed by atoms with van der Waals surface area (Å²) in [6.45, 7) is 0.823. The summed E-state index contributed by atoms with van der Waals surface area (Å²) in [4.78, 5) is 13.6. The summed E-state index contributed by atoms with van der Waals surface area (Å²) < 4.78 is 38.3. The molecule has 0 bridgehead atoms. The van der Waals surface area contributed by atoms with E-state index in [2.05, 4.69) is 5.32 Å². The van der Waals surface area contributed by atoms with Crippen LogP contribution in [-0.4, -0.2) is 44.0 Å². The first kappa shape index (κ1) is 18.0. The second-order valence-electron chi connectivity index (χ2n) is 6.05. The summed E-state index contributed by atoms with van der Waals surface area (Å²) in [6.07, 6.45) is 2.37. The van der Waals surface area contributed by atoms with Crippen molar-refractivity contribution in [3.8, 4) is 10.4 Å². The van der Waals surface area contributed by atoms with E-state index in [1.807, 2.05) is 0 Å². The van der Waals surface area contributed by atoms with E-state index in [1.165, 1.54) is 28.0 Å². The van der Waals surface area contributed by atoms with Gasteiger partial charge in [0.2, 0.25) is 10.0 Å². The summed E-state index contributed by atoms with van der Waals surface area (Å²) >= 11 is 1.24. The molecule has 1 N–H and O–H groups in total. The van der Waals surface area contributed by atoms with E-state index in [0.29, 0.717) is 41.2 Å². The van der Waals surface area contributed by atoms with Crippen molar-refractivity contribution in [1.82, 2.24) is 9.62 Å². The number of halogens is 1. The number of rotatable bonds is 4. The van der Waals surface area contributed by atoms with Crippen molar-refractivity contribution in [2.45, 2.75) is 18.9 Å². The average Bonchev–Trinajstić information content (AvgIpc) is 3.05. The topological polar surface area (TPSA) is 66.5 Å². The zero-order valence-corrected chi connectivity index (χ0v) is 15.4. The number of amides is 1. The second kappa shape index (κ2) is 7.23. The Labute approximate surface area is 150 Å². The lowest BCUT2D eigenvalue weighted by molar-refractivity contribution is 0.0928. The van der Waals surface area contributed by atoms with Crippen molar-refractivity contribution in [3.05, 3.63) is 47.1 Å². The Bertz CT molecular complexity index is 872. The van der Waals surface area contributed by atoms with Crippen LogP contribution in [-0.2, 0) is 10.0 Å². The minimum absolute atomic E-state index is 0.0514. The first-order chi connectivity index (χ1) is 11.8. The zero-order valence-electron chi connectivity index (χ0n) is 13.7. The van der Waals surface area contributed by atoms with Crippen molar-refractivity contribution >= 4 is 27.3 Å². The number of thiophene rings is 1. The Morgan fingerprint density at radius 1 is 1.20 bits per heavy atom. The lowest BCUT2D eigenvalue weighted by atomic mass is 10.1. The van der Waals surface area contributed by atoms with Gasteiger partial charge in [-0.15, -0.1) is 11.3 Å². The quantitative estimate of drug-likeness (QED) is 0.884. The predicted octanol–water partition coefficient (Wildman–Crippen LogP) is 2.71. The summed E-state index contributed by atoms with van der Waals surface area (Å²) in [5, 5.41) is 2.94. The summed E-state index contributed by atoms with van der Waals surface area (Å²) in [5.74, 6) is -0.519. The van der Waals surface area contributed by atoms with Crippen molar-refractivity contribution in [1.29, 1.82) is 0 Å². The lowest BCUT2D eigenvalue weighted by Gasteiger charge is -2.30. The van der Waals surface area contributed by atoms with Crippen LogP contribution in [0.4, 0.5) is 4.39 Å². The van der Waals surface area contributed by atoms with Crippen LogP contribution in [0.3, 0.4) is 0 Å². The molecule has 8 heteroatoms.